The molecule has 27 heavy (non-hydrogen) atoms. The van der Waals surface area contributed by atoms with Gasteiger partial charge >= 0.3 is 0 Å². The molecule has 0 amide bonds. The van der Waals surface area contributed by atoms with Crippen molar-refractivity contribution in [3.05, 3.63) is 52.3 Å². The first-order valence-electron chi connectivity index (χ1n) is 9.85. The van der Waals surface area contributed by atoms with Crippen LogP contribution >= 0.6 is 11.6 Å². The highest BCUT2D eigenvalue weighted by molar-refractivity contribution is 6.30. The highest BCUT2D eigenvalue weighted by Crippen LogP contribution is 2.22. The highest BCUT2D eigenvalue weighted by atomic mass is 35.5. The van der Waals surface area contributed by atoms with Crippen LogP contribution < -0.4 is 4.90 Å². The van der Waals surface area contributed by atoms with E-state index in [0.29, 0.717) is 6.04 Å². The zero-order valence-electron chi connectivity index (χ0n) is 16.2. The van der Waals surface area contributed by atoms with E-state index in [0.717, 1.165) is 68.2 Å². The fourth-order valence-corrected chi connectivity index (χ4v) is 4.33. The molecule has 6 heteroatoms. The summed E-state index contributed by atoms with van der Waals surface area (Å²) < 4.78 is 0. The Morgan fingerprint density at radius 3 is 2.30 bits per heavy atom. The molecule has 144 valence electrons. The van der Waals surface area contributed by atoms with Crippen LogP contribution in [0.15, 0.2) is 30.3 Å². The average molecular weight is 386 g/mol. The van der Waals surface area contributed by atoms with Gasteiger partial charge in [-0.2, -0.15) is 0 Å². The molecule has 4 rings (SSSR count). The van der Waals surface area contributed by atoms with E-state index in [9.17, 15) is 0 Å². The normalized spacial score (nSPS) is 21.7. The highest BCUT2D eigenvalue weighted by Gasteiger charge is 2.31. The fourth-order valence-electron chi connectivity index (χ4n) is 4.20. The third-order valence-corrected chi connectivity index (χ3v) is 5.91. The van der Waals surface area contributed by atoms with Gasteiger partial charge in [0.15, 0.2) is 0 Å². The van der Waals surface area contributed by atoms with Crippen molar-refractivity contribution in [1.29, 1.82) is 0 Å². The quantitative estimate of drug-likeness (QED) is 0.807. The number of halogens is 1. The fraction of sp³-hybridized carbons (Fsp3) is 0.524. The van der Waals surface area contributed by atoms with Gasteiger partial charge in [0.25, 0.3) is 0 Å². The lowest BCUT2D eigenvalue weighted by molar-refractivity contribution is 0.0987. The molecule has 0 bridgehead atoms. The van der Waals surface area contributed by atoms with E-state index in [1.54, 1.807) is 0 Å². The van der Waals surface area contributed by atoms with Gasteiger partial charge in [0.05, 0.1) is 0 Å². The molecule has 1 aromatic carbocycles. The standard InChI is InChI=1S/C21H28ClN5/c1-16-13-17(2)24-21(23-16)27-8-7-20(15-27)26-11-9-25(10-12-26)14-18-3-5-19(22)6-4-18/h3-6,13,20H,7-12,14-15H2,1-2H3/t20-/m0/s1. The van der Waals surface area contributed by atoms with E-state index in [2.05, 4.69) is 36.8 Å². The molecule has 0 saturated carbocycles. The molecule has 1 aromatic heterocycles. The summed E-state index contributed by atoms with van der Waals surface area (Å²) in [6, 6.07) is 10.9. The van der Waals surface area contributed by atoms with Crippen LogP contribution in [0.25, 0.3) is 0 Å². The second-order valence-corrected chi connectivity index (χ2v) is 8.21. The average Bonchev–Trinajstić information content (AvgIpc) is 3.14. The molecule has 0 N–H and O–H groups in total. The molecular formula is C21H28ClN5. The minimum absolute atomic E-state index is 0.618. The number of piperazine rings is 1. The van der Waals surface area contributed by atoms with Gasteiger partial charge in [-0.1, -0.05) is 23.7 Å². The second kappa shape index (κ2) is 8.13. The first-order valence-corrected chi connectivity index (χ1v) is 10.2. The largest absolute Gasteiger partial charge is 0.339 e. The van der Waals surface area contributed by atoms with Crippen molar-refractivity contribution in [2.45, 2.75) is 32.9 Å². The Morgan fingerprint density at radius 2 is 1.63 bits per heavy atom. The molecule has 2 aromatic rings. The molecule has 2 aliphatic heterocycles. The first kappa shape index (κ1) is 18.7. The number of nitrogens with zero attached hydrogens (tertiary/aromatic N) is 5. The molecule has 2 fully saturated rings. The molecule has 2 aliphatic rings. The van der Waals surface area contributed by atoms with Gasteiger partial charge in [0, 0.05) is 68.3 Å². The Hall–Kier alpha value is -1.69. The summed E-state index contributed by atoms with van der Waals surface area (Å²) in [5.41, 5.74) is 3.44. The summed E-state index contributed by atoms with van der Waals surface area (Å²) in [5.74, 6) is 0.899. The maximum absolute atomic E-state index is 5.99. The molecule has 0 spiro atoms. The monoisotopic (exact) mass is 385 g/mol. The molecule has 0 aliphatic carbocycles. The Kier molecular flexibility index (Phi) is 5.62. The molecule has 5 nitrogen and oxygen atoms in total. The minimum atomic E-state index is 0.618. The van der Waals surface area contributed by atoms with Gasteiger partial charge in [-0.05, 0) is 44.0 Å². The van der Waals surface area contributed by atoms with Gasteiger partial charge in [-0.25, -0.2) is 9.97 Å². The number of aromatic nitrogens is 2. The van der Waals surface area contributed by atoms with Crippen LogP contribution in [-0.4, -0.2) is 65.1 Å². The topological polar surface area (TPSA) is 35.5 Å². The van der Waals surface area contributed by atoms with Crippen LogP contribution in [0.1, 0.15) is 23.4 Å². The second-order valence-electron chi connectivity index (χ2n) is 7.78. The Labute approximate surface area is 167 Å². The SMILES string of the molecule is Cc1cc(C)nc(N2CC[C@H](N3CCN(Cc4ccc(Cl)cc4)CC3)C2)n1. The predicted octanol–water partition coefficient (Wildman–Crippen LogP) is 3.14. The zero-order chi connectivity index (χ0) is 18.8. The van der Waals surface area contributed by atoms with Crippen LogP contribution in [0.4, 0.5) is 5.95 Å². The van der Waals surface area contributed by atoms with Crippen molar-refractivity contribution < 1.29 is 0 Å². The van der Waals surface area contributed by atoms with Gasteiger partial charge < -0.3 is 4.90 Å². The molecular weight excluding hydrogens is 358 g/mol. The van der Waals surface area contributed by atoms with E-state index in [1.165, 1.54) is 12.0 Å². The molecule has 3 heterocycles. The van der Waals surface area contributed by atoms with Gasteiger partial charge in [-0.15, -0.1) is 0 Å². The third-order valence-electron chi connectivity index (χ3n) is 5.66. The van der Waals surface area contributed by atoms with E-state index in [4.69, 9.17) is 11.6 Å². The summed E-state index contributed by atoms with van der Waals surface area (Å²) in [5, 5.41) is 0.808. The Morgan fingerprint density at radius 1 is 0.963 bits per heavy atom. The Balaban J connectivity index is 1.29. The van der Waals surface area contributed by atoms with Crippen LogP contribution in [0.5, 0.6) is 0 Å². The van der Waals surface area contributed by atoms with Crippen LogP contribution in [0.3, 0.4) is 0 Å². The van der Waals surface area contributed by atoms with Crippen LogP contribution in [-0.2, 0) is 6.54 Å². The molecule has 2 saturated heterocycles. The van der Waals surface area contributed by atoms with Crippen LogP contribution in [0, 0.1) is 13.8 Å². The number of anilines is 1. The van der Waals surface area contributed by atoms with Gasteiger partial charge in [0.2, 0.25) is 5.95 Å². The lowest BCUT2D eigenvalue weighted by Gasteiger charge is -2.38. The number of benzene rings is 1. The number of aryl methyl sites for hydroxylation is 2. The third kappa shape index (κ3) is 4.60. The smallest absolute Gasteiger partial charge is 0.225 e. The lowest BCUT2D eigenvalue weighted by Crippen LogP contribution is -2.50. The van der Waals surface area contributed by atoms with Crippen molar-refractivity contribution in [2.24, 2.45) is 0 Å². The Bertz CT molecular complexity index is 750. The van der Waals surface area contributed by atoms with Crippen molar-refractivity contribution in [3.63, 3.8) is 0 Å². The van der Waals surface area contributed by atoms with Crippen molar-refractivity contribution in [3.8, 4) is 0 Å². The summed E-state index contributed by atoms with van der Waals surface area (Å²) in [6.07, 6.45) is 1.20. The molecule has 1 atom stereocenters. The van der Waals surface area contributed by atoms with E-state index in [-0.39, 0.29) is 0 Å². The minimum Gasteiger partial charge on any atom is -0.339 e. The molecule has 0 unspecified atom stereocenters. The van der Waals surface area contributed by atoms with E-state index >= 15 is 0 Å². The molecule has 0 radical (unpaired) electrons. The van der Waals surface area contributed by atoms with Crippen LogP contribution in [0.2, 0.25) is 5.02 Å². The van der Waals surface area contributed by atoms with E-state index < -0.39 is 0 Å². The summed E-state index contributed by atoms with van der Waals surface area (Å²) in [7, 11) is 0. The summed E-state index contributed by atoms with van der Waals surface area (Å²) >= 11 is 5.99. The van der Waals surface area contributed by atoms with E-state index in [1.807, 2.05) is 32.0 Å². The first-order chi connectivity index (χ1) is 13.1. The maximum atomic E-state index is 5.99. The number of hydrogen-bond donors (Lipinski definition) is 0. The predicted molar refractivity (Wildman–Crippen MR) is 110 cm³/mol. The lowest BCUT2D eigenvalue weighted by atomic mass is 10.1. The summed E-state index contributed by atoms with van der Waals surface area (Å²) in [6.45, 7) is 11.7. The maximum Gasteiger partial charge on any atom is 0.225 e. The van der Waals surface area contributed by atoms with Crippen molar-refractivity contribution in [2.75, 3.05) is 44.2 Å². The zero-order valence-corrected chi connectivity index (χ0v) is 17.0. The van der Waals surface area contributed by atoms with Crippen molar-refractivity contribution >= 4 is 17.5 Å². The van der Waals surface area contributed by atoms with Crippen molar-refractivity contribution in [1.82, 2.24) is 19.8 Å². The number of hydrogen-bond acceptors (Lipinski definition) is 5. The van der Waals surface area contributed by atoms with Gasteiger partial charge in [0.1, 0.15) is 0 Å². The number of rotatable bonds is 4. The van der Waals surface area contributed by atoms with Gasteiger partial charge in [-0.3, -0.25) is 9.80 Å². The summed E-state index contributed by atoms with van der Waals surface area (Å²) in [4.78, 5) is 16.8.